The van der Waals surface area contributed by atoms with E-state index in [2.05, 4.69) is 25.2 Å². The zero-order valence-corrected chi connectivity index (χ0v) is 9.86. The Morgan fingerprint density at radius 3 is 2.81 bits per heavy atom. The molecule has 1 aromatic carbocycles. The van der Waals surface area contributed by atoms with Crippen LogP contribution < -0.4 is 10.1 Å². The SMILES string of the molecule is Cc1ccc(O[C@H]2CCNC[C@@H]2O)cc1C. The summed E-state index contributed by atoms with van der Waals surface area (Å²) < 4.78 is 5.81. The van der Waals surface area contributed by atoms with Crippen LogP contribution in [0.15, 0.2) is 18.2 Å². The maximum atomic E-state index is 9.77. The molecule has 0 amide bonds. The van der Waals surface area contributed by atoms with Gasteiger partial charge in [0.15, 0.2) is 0 Å². The molecule has 0 unspecified atom stereocenters. The van der Waals surface area contributed by atoms with Gasteiger partial charge >= 0.3 is 0 Å². The lowest BCUT2D eigenvalue weighted by Crippen LogP contribution is -2.46. The van der Waals surface area contributed by atoms with Crippen molar-refractivity contribution < 1.29 is 9.84 Å². The average molecular weight is 221 g/mol. The van der Waals surface area contributed by atoms with Crippen LogP contribution in [-0.4, -0.2) is 30.4 Å². The summed E-state index contributed by atoms with van der Waals surface area (Å²) in [6, 6.07) is 6.05. The van der Waals surface area contributed by atoms with Crippen LogP contribution in [-0.2, 0) is 0 Å². The van der Waals surface area contributed by atoms with E-state index < -0.39 is 6.10 Å². The third-order valence-electron chi connectivity index (χ3n) is 3.15. The molecule has 1 aliphatic rings. The molecule has 1 fully saturated rings. The Bertz CT molecular complexity index is 365. The van der Waals surface area contributed by atoms with Gasteiger partial charge in [-0.25, -0.2) is 0 Å². The molecule has 16 heavy (non-hydrogen) atoms. The van der Waals surface area contributed by atoms with Crippen molar-refractivity contribution >= 4 is 0 Å². The zero-order valence-electron chi connectivity index (χ0n) is 9.86. The van der Waals surface area contributed by atoms with Crippen molar-refractivity contribution in [2.45, 2.75) is 32.5 Å². The molecule has 0 aromatic heterocycles. The van der Waals surface area contributed by atoms with Crippen LogP contribution in [0.2, 0.25) is 0 Å². The number of hydrogen-bond donors (Lipinski definition) is 2. The summed E-state index contributed by atoms with van der Waals surface area (Å²) in [7, 11) is 0. The second-order valence-corrected chi connectivity index (χ2v) is 4.46. The van der Waals surface area contributed by atoms with Crippen molar-refractivity contribution in [2.75, 3.05) is 13.1 Å². The Labute approximate surface area is 96.4 Å². The number of hydrogen-bond acceptors (Lipinski definition) is 3. The van der Waals surface area contributed by atoms with E-state index in [1.54, 1.807) is 0 Å². The van der Waals surface area contributed by atoms with E-state index >= 15 is 0 Å². The third-order valence-corrected chi connectivity index (χ3v) is 3.15. The van der Waals surface area contributed by atoms with Gasteiger partial charge in [-0.2, -0.15) is 0 Å². The first kappa shape index (κ1) is 11.4. The fourth-order valence-corrected chi connectivity index (χ4v) is 1.92. The minimum absolute atomic E-state index is 0.0802. The van der Waals surface area contributed by atoms with Gasteiger partial charge in [0.25, 0.3) is 0 Å². The van der Waals surface area contributed by atoms with Crippen molar-refractivity contribution in [2.24, 2.45) is 0 Å². The predicted molar refractivity (Wildman–Crippen MR) is 63.8 cm³/mol. The van der Waals surface area contributed by atoms with Crippen molar-refractivity contribution in [3.8, 4) is 5.75 Å². The van der Waals surface area contributed by atoms with Gasteiger partial charge < -0.3 is 15.2 Å². The number of rotatable bonds is 2. The first-order chi connectivity index (χ1) is 7.66. The van der Waals surface area contributed by atoms with Crippen LogP contribution in [0.25, 0.3) is 0 Å². The minimum Gasteiger partial charge on any atom is -0.488 e. The Kier molecular flexibility index (Phi) is 3.46. The molecule has 1 heterocycles. The number of aliphatic hydroxyl groups is 1. The molecule has 0 radical (unpaired) electrons. The summed E-state index contributed by atoms with van der Waals surface area (Å²) in [4.78, 5) is 0. The number of β-amino-alcohol motifs (C(OH)–C–C–N with tert-alkyl or cyclic N) is 1. The maximum absolute atomic E-state index is 9.77. The first-order valence-corrected chi connectivity index (χ1v) is 5.79. The van der Waals surface area contributed by atoms with Gasteiger partial charge in [-0.1, -0.05) is 6.07 Å². The highest BCUT2D eigenvalue weighted by atomic mass is 16.5. The van der Waals surface area contributed by atoms with Crippen LogP contribution in [0.5, 0.6) is 5.75 Å². The molecular formula is C13H19NO2. The standard InChI is InChI=1S/C13H19NO2/c1-9-3-4-11(7-10(9)2)16-13-5-6-14-8-12(13)15/h3-4,7,12-15H,5-6,8H2,1-2H3/t12-,13-/m0/s1. The topological polar surface area (TPSA) is 41.5 Å². The number of piperidine rings is 1. The van der Waals surface area contributed by atoms with Crippen LogP contribution in [0.3, 0.4) is 0 Å². The molecular weight excluding hydrogens is 202 g/mol. The summed E-state index contributed by atoms with van der Waals surface area (Å²) in [6.07, 6.45) is 0.368. The second-order valence-electron chi connectivity index (χ2n) is 4.46. The quantitative estimate of drug-likeness (QED) is 0.793. The van der Waals surface area contributed by atoms with Gasteiger partial charge in [0.2, 0.25) is 0 Å². The van der Waals surface area contributed by atoms with Crippen LogP contribution >= 0.6 is 0 Å². The number of aryl methyl sites for hydroxylation is 2. The maximum Gasteiger partial charge on any atom is 0.127 e. The number of aliphatic hydroxyl groups excluding tert-OH is 1. The second kappa shape index (κ2) is 4.85. The lowest BCUT2D eigenvalue weighted by molar-refractivity contribution is 0.0162. The van der Waals surface area contributed by atoms with Crippen molar-refractivity contribution in [3.05, 3.63) is 29.3 Å². The van der Waals surface area contributed by atoms with E-state index in [1.807, 2.05) is 12.1 Å². The minimum atomic E-state index is -0.407. The van der Waals surface area contributed by atoms with E-state index in [-0.39, 0.29) is 6.10 Å². The molecule has 0 spiro atoms. The summed E-state index contributed by atoms with van der Waals surface area (Å²) in [5, 5.41) is 12.9. The molecule has 0 bridgehead atoms. The van der Waals surface area contributed by atoms with Crippen LogP contribution in [0.4, 0.5) is 0 Å². The normalized spacial score (nSPS) is 25.4. The van der Waals surface area contributed by atoms with Gasteiger partial charge in [0.05, 0.1) is 0 Å². The molecule has 1 aromatic rings. The number of benzene rings is 1. The molecule has 0 aliphatic carbocycles. The van der Waals surface area contributed by atoms with E-state index in [0.29, 0.717) is 6.54 Å². The molecule has 2 rings (SSSR count). The highest BCUT2D eigenvalue weighted by Crippen LogP contribution is 2.20. The van der Waals surface area contributed by atoms with Gasteiger partial charge in [-0.3, -0.25) is 0 Å². The summed E-state index contributed by atoms with van der Waals surface area (Å²) in [6.45, 7) is 5.68. The van der Waals surface area contributed by atoms with Crippen LogP contribution in [0, 0.1) is 13.8 Å². The molecule has 2 atom stereocenters. The summed E-state index contributed by atoms with van der Waals surface area (Å²) >= 11 is 0. The Balaban J connectivity index is 2.05. The molecule has 1 saturated heterocycles. The molecule has 1 aliphatic heterocycles. The molecule has 3 nitrogen and oxygen atoms in total. The van der Waals surface area contributed by atoms with E-state index in [0.717, 1.165) is 18.7 Å². The fraction of sp³-hybridized carbons (Fsp3) is 0.538. The van der Waals surface area contributed by atoms with Gasteiger partial charge in [0, 0.05) is 6.54 Å². The van der Waals surface area contributed by atoms with Crippen LogP contribution in [0.1, 0.15) is 17.5 Å². The largest absolute Gasteiger partial charge is 0.488 e. The highest BCUT2D eigenvalue weighted by Gasteiger charge is 2.24. The average Bonchev–Trinajstić information content (AvgIpc) is 2.27. The Morgan fingerprint density at radius 2 is 2.12 bits per heavy atom. The smallest absolute Gasteiger partial charge is 0.127 e. The van der Waals surface area contributed by atoms with Gasteiger partial charge in [-0.15, -0.1) is 0 Å². The molecule has 2 N–H and O–H groups in total. The van der Waals surface area contributed by atoms with E-state index in [1.165, 1.54) is 11.1 Å². The van der Waals surface area contributed by atoms with E-state index in [9.17, 15) is 5.11 Å². The monoisotopic (exact) mass is 221 g/mol. The fourth-order valence-electron chi connectivity index (χ4n) is 1.92. The van der Waals surface area contributed by atoms with E-state index in [4.69, 9.17) is 4.74 Å². The van der Waals surface area contributed by atoms with Gasteiger partial charge in [-0.05, 0) is 50.1 Å². The summed E-state index contributed by atoms with van der Waals surface area (Å²) in [5.41, 5.74) is 2.49. The Morgan fingerprint density at radius 1 is 1.31 bits per heavy atom. The third kappa shape index (κ3) is 2.54. The first-order valence-electron chi connectivity index (χ1n) is 5.79. The molecule has 88 valence electrons. The van der Waals surface area contributed by atoms with Crippen molar-refractivity contribution in [1.29, 1.82) is 0 Å². The van der Waals surface area contributed by atoms with Crippen molar-refractivity contribution in [1.82, 2.24) is 5.32 Å². The number of nitrogens with one attached hydrogen (secondary N) is 1. The highest BCUT2D eigenvalue weighted by molar-refractivity contribution is 5.34. The lowest BCUT2D eigenvalue weighted by Gasteiger charge is -2.29. The molecule has 0 saturated carbocycles. The predicted octanol–water partition coefficient (Wildman–Crippen LogP) is 1.41. The van der Waals surface area contributed by atoms with Gasteiger partial charge in [0.1, 0.15) is 18.0 Å². The summed E-state index contributed by atoms with van der Waals surface area (Å²) in [5.74, 6) is 0.856. The molecule has 3 heteroatoms. The lowest BCUT2D eigenvalue weighted by atomic mass is 10.1. The zero-order chi connectivity index (χ0) is 11.5. The Hall–Kier alpha value is -1.06. The number of ether oxygens (including phenoxy) is 1. The van der Waals surface area contributed by atoms with Crippen molar-refractivity contribution in [3.63, 3.8) is 0 Å².